The highest BCUT2D eigenvalue weighted by atomic mass is 32.2. The van der Waals surface area contributed by atoms with Gasteiger partial charge in [-0.3, -0.25) is 48.1 Å². The summed E-state index contributed by atoms with van der Waals surface area (Å²) < 4.78 is 4.93. The van der Waals surface area contributed by atoms with E-state index < -0.39 is 54.4 Å². The molecule has 26 nitrogen and oxygen atoms in total. The number of rotatable bonds is 30. The van der Waals surface area contributed by atoms with E-state index in [0.29, 0.717) is 77.8 Å². The van der Waals surface area contributed by atoms with Crippen LogP contribution in [0.5, 0.6) is 0 Å². The Morgan fingerprint density at radius 1 is 0.440 bits per heavy atom. The maximum Gasteiger partial charge on any atom is 0.247 e. The Labute approximate surface area is 752 Å². The van der Waals surface area contributed by atoms with Crippen molar-refractivity contribution >= 4 is 114 Å². The van der Waals surface area contributed by atoms with Gasteiger partial charge < -0.3 is 62.6 Å². The number of amides is 9. The third-order valence-corrected chi connectivity index (χ3v) is 28.7. The van der Waals surface area contributed by atoms with Crippen molar-refractivity contribution in [3.63, 3.8) is 0 Å². The molecule has 125 heavy (non-hydrogen) atoms. The maximum atomic E-state index is 14.2. The second-order valence-corrected chi connectivity index (χ2v) is 39.7. The number of likely N-dealkylation sites (N-methyl/N-ethyl adjacent to an activating group) is 2. The van der Waals surface area contributed by atoms with Crippen LogP contribution in [0.2, 0.25) is 0 Å². The summed E-state index contributed by atoms with van der Waals surface area (Å²) in [5, 5.41) is 34.6. The molecule has 3 saturated carbocycles. The van der Waals surface area contributed by atoms with Crippen molar-refractivity contribution in [3.05, 3.63) is 151 Å². The van der Waals surface area contributed by atoms with Crippen molar-refractivity contribution in [2.75, 3.05) is 56.2 Å². The molecule has 0 bridgehead atoms. The molecule has 3 saturated heterocycles. The second-order valence-electron chi connectivity index (χ2n) is 34.8. The van der Waals surface area contributed by atoms with Gasteiger partial charge in [0.2, 0.25) is 53.2 Å². The molecule has 9 amide bonds. The Balaban J connectivity index is 0.000000171. The summed E-state index contributed by atoms with van der Waals surface area (Å²) in [6, 6.07) is 38.4. The first-order valence-electron chi connectivity index (χ1n) is 44.9. The fourth-order valence-corrected chi connectivity index (χ4v) is 21.7. The van der Waals surface area contributed by atoms with E-state index in [4.69, 9.17) is 9.97 Å². The number of carbonyl (C=O) groups excluding carboxylic acids is 9. The van der Waals surface area contributed by atoms with Crippen LogP contribution in [0.1, 0.15) is 201 Å². The first-order valence-corrected chi connectivity index (χ1v) is 48.2. The Morgan fingerprint density at radius 3 is 1.23 bits per heavy atom. The first-order chi connectivity index (χ1) is 60.4. The van der Waals surface area contributed by atoms with Gasteiger partial charge in [0.1, 0.15) is 73.3 Å². The number of benzene rings is 4. The molecular weight excluding hydrogens is 1650 g/mol. The zero-order valence-corrected chi connectivity index (χ0v) is 76.9. The number of thiazole rings is 2. The average molecular weight is 1780 g/mol. The van der Waals surface area contributed by atoms with Crippen LogP contribution < -0.4 is 47.9 Å². The lowest BCUT2D eigenvalue weighted by molar-refractivity contribution is -0.142. The van der Waals surface area contributed by atoms with Gasteiger partial charge in [-0.25, -0.2) is 9.97 Å². The van der Waals surface area contributed by atoms with Gasteiger partial charge in [0.25, 0.3) is 0 Å². The molecule has 9 N–H and O–H groups in total. The summed E-state index contributed by atoms with van der Waals surface area (Å²) in [7, 11) is 3.46. The molecule has 8 aromatic rings. The minimum atomic E-state index is -0.645. The van der Waals surface area contributed by atoms with E-state index >= 15 is 0 Å². The van der Waals surface area contributed by atoms with Crippen molar-refractivity contribution in [2.24, 2.45) is 17.8 Å². The van der Waals surface area contributed by atoms with Crippen LogP contribution in [0, 0.1) is 17.8 Å². The summed E-state index contributed by atoms with van der Waals surface area (Å²) in [4.78, 5) is 141. The summed E-state index contributed by atoms with van der Waals surface area (Å²) in [5.74, 6) is -1.09. The fraction of sp³-hybridized carbons (Fsp3) is 0.516. The van der Waals surface area contributed by atoms with Gasteiger partial charge in [-0.15, -0.1) is 5.10 Å². The lowest BCUT2D eigenvalue weighted by Crippen LogP contribution is -2.57. The van der Waals surface area contributed by atoms with Gasteiger partial charge in [0, 0.05) is 70.6 Å². The Morgan fingerprint density at radius 2 is 0.824 bits per heavy atom. The number of aromatic nitrogens is 5. The molecule has 30 heteroatoms. The van der Waals surface area contributed by atoms with Gasteiger partial charge in [0.05, 0.1) is 18.1 Å². The summed E-state index contributed by atoms with van der Waals surface area (Å²) >= 11 is 5.67. The quantitative estimate of drug-likeness (QED) is 0.0189. The molecule has 3 aliphatic heterocycles. The molecule has 0 spiro atoms. The van der Waals surface area contributed by atoms with Crippen molar-refractivity contribution in [3.8, 4) is 44.3 Å². The molecule has 3 aliphatic carbocycles. The molecule has 6 fully saturated rings. The van der Waals surface area contributed by atoms with Crippen molar-refractivity contribution < 1.29 is 43.2 Å². The SMILES string of the molecule is CC(NCCC(C)c1ccccc1)C(=O)N[C@H](C(=O)N1CCC[C@H]1C(=O)Nc1snnc1-c1ccccc1)C1CCCCC1.CN[C@@H](C)C(=O)N[C@H](C(=O)N1CCC[C@H]1C(=O)Nc1sc(-c2cccnc2)nc1-c1ccccc1)C1CCCCC1.CN[C@@H](C)C(=O)N[C@H](C(=O)N1CCC[C@H]1C(=O)Nc1sc(SC(C)(C)C)nc1-c1ccccc1)C1CCCCC1. The normalized spacial score (nSPS) is 19.3. The van der Waals surface area contributed by atoms with E-state index in [0.717, 1.165) is 171 Å². The van der Waals surface area contributed by atoms with Crippen LogP contribution in [-0.4, -0.2) is 192 Å². The molecule has 10 atom stereocenters. The van der Waals surface area contributed by atoms with E-state index in [9.17, 15) is 43.2 Å². The molecule has 4 aromatic heterocycles. The molecule has 6 aliphatic rings. The molecule has 7 heterocycles. The number of nitrogens with one attached hydrogen (secondary N) is 9. The van der Waals surface area contributed by atoms with Crippen LogP contribution >= 0.6 is 46.0 Å². The maximum absolute atomic E-state index is 14.2. The van der Waals surface area contributed by atoms with E-state index in [-0.39, 0.29) is 75.7 Å². The van der Waals surface area contributed by atoms with Crippen LogP contribution in [0.25, 0.3) is 44.3 Å². The zero-order chi connectivity index (χ0) is 88.5. The number of nitrogens with zero attached hydrogens (tertiary/aromatic N) is 8. The van der Waals surface area contributed by atoms with Crippen LogP contribution in [0.3, 0.4) is 0 Å². The number of carbonyl (C=O) groups is 9. The van der Waals surface area contributed by atoms with Gasteiger partial charge in [-0.2, -0.15) is 0 Å². The number of hydrogen-bond acceptors (Lipinski definition) is 21. The number of thioether (sulfide) groups is 1. The molecule has 14 rings (SSSR count). The standard InChI is InChI=1S/C34H44N6O3S.C31H38N6O3S.C30H43N5O3S2/c1-23(25-13-6-3-7-14-25)20-21-35-24(2)31(41)36-30(27-17-10-5-11-18-27)34(43)40-22-12-19-28(40)32(42)37-33-29(38-39-44-33)26-15-8-4-9-16-26;1-20(32-2)27(38)34-26(22-13-7-4-8-14-22)31(40)37-18-10-16-24(37)28(39)36-30-25(21-11-5-3-6-12-21)35-29(41-30)23-15-9-17-33-19-23;1-19(31-5)25(36)32-24(21-15-10-7-11-16-21)28(38)35-18-12-17-22(35)26(37)34-27-23(20-13-8-6-9-14-20)33-29(39-27)40-30(2,3)4/h3-4,6-9,13-16,23-24,27-28,30,35H,5,10-12,17-22H2,1-2H3,(H,36,41)(H,37,42);3,5-6,9,11-12,15,17,19-20,22,24,26,32H,4,7-8,10,13-14,16,18H2,1-2H3,(H,34,38)(H,36,39);6,8-9,13-14,19,21-22,24,31H,7,10-12,15-18H2,1-5H3,(H,32,36)(H,34,37)/t23?,24?,28-,30-;20-,24-,26-;19-,22-,24-/m000/s1. The number of hydrogen-bond donors (Lipinski definition) is 9. The highest BCUT2D eigenvalue weighted by molar-refractivity contribution is 8.02. The predicted octanol–water partition coefficient (Wildman–Crippen LogP) is 15.1. The van der Waals surface area contributed by atoms with Gasteiger partial charge >= 0.3 is 0 Å². The van der Waals surface area contributed by atoms with Crippen LogP contribution in [-0.2, 0) is 43.2 Å². The Hall–Kier alpha value is -9.69. The van der Waals surface area contributed by atoms with Gasteiger partial charge in [-0.1, -0.05) is 246 Å². The number of anilines is 3. The number of likely N-dealkylation sites (tertiary alicyclic amines) is 3. The third kappa shape index (κ3) is 25.6. The zero-order valence-electron chi connectivity index (χ0n) is 73.6. The predicted molar refractivity (Wildman–Crippen MR) is 499 cm³/mol. The molecule has 4 aromatic carbocycles. The van der Waals surface area contributed by atoms with E-state index in [1.165, 1.54) is 28.2 Å². The van der Waals surface area contributed by atoms with Gasteiger partial charge in [0.15, 0.2) is 4.34 Å². The van der Waals surface area contributed by atoms with E-state index in [1.54, 1.807) is 66.8 Å². The highest BCUT2D eigenvalue weighted by Crippen LogP contribution is 2.44. The van der Waals surface area contributed by atoms with Crippen LogP contribution in [0.4, 0.5) is 15.0 Å². The average Bonchev–Trinajstić information content (AvgIpc) is 1.68. The first kappa shape index (κ1) is 94.4. The summed E-state index contributed by atoms with van der Waals surface area (Å²) in [5.41, 5.74) is 6.90. The highest BCUT2D eigenvalue weighted by Gasteiger charge is 2.46. The molecule has 2 unspecified atom stereocenters. The van der Waals surface area contributed by atoms with E-state index in [1.807, 2.05) is 128 Å². The lowest BCUT2D eigenvalue weighted by atomic mass is 9.83. The third-order valence-electron chi connectivity index (χ3n) is 24.9. The smallest absolute Gasteiger partial charge is 0.247 e. The topological polar surface area (TPSA) is 336 Å². The minimum absolute atomic E-state index is 0.0227. The Kier molecular flexibility index (Phi) is 34.9. The summed E-state index contributed by atoms with van der Waals surface area (Å²) in [6.45, 7) is 16.2. The monoisotopic (exact) mass is 1780 g/mol. The van der Waals surface area contributed by atoms with E-state index in [2.05, 4.69) is 102 Å². The Bertz CT molecular complexity index is 4850. The molecule has 0 radical (unpaired) electrons. The molecular formula is C95H125N17O9S4. The van der Waals surface area contributed by atoms with Crippen molar-refractivity contribution in [1.82, 2.24) is 71.1 Å². The molecule has 668 valence electrons. The number of pyridine rings is 1. The largest absolute Gasteiger partial charge is 0.343 e. The summed E-state index contributed by atoms with van der Waals surface area (Å²) in [6.07, 6.45) is 23.5. The minimum Gasteiger partial charge on any atom is -0.343 e. The van der Waals surface area contributed by atoms with Gasteiger partial charge in [-0.05, 0) is 166 Å². The van der Waals surface area contributed by atoms with Crippen molar-refractivity contribution in [1.29, 1.82) is 0 Å². The fourth-order valence-electron chi connectivity index (χ4n) is 17.6. The second kappa shape index (κ2) is 46.2. The lowest BCUT2D eigenvalue weighted by Gasteiger charge is -2.35. The van der Waals surface area contributed by atoms with Crippen LogP contribution in [0.15, 0.2) is 150 Å². The van der Waals surface area contributed by atoms with Crippen molar-refractivity contribution in [2.45, 2.75) is 259 Å².